The lowest BCUT2D eigenvalue weighted by Crippen LogP contribution is -2.06. The summed E-state index contributed by atoms with van der Waals surface area (Å²) in [6, 6.07) is 0. The van der Waals surface area contributed by atoms with Gasteiger partial charge in [0.1, 0.15) is 0 Å². The second-order valence-electron chi connectivity index (χ2n) is 2.68. The van der Waals surface area contributed by atoms with Gasteiger partial charge in [0.15, 0.2) is 0 Å². The molecule has 0 spiro atoms. The molecule has 0 heterocycles. The van der Waals surface area contributed by atoms with Crippen molar-refractivity contribution in [1.82, 2.24) is 0 Å². The van der Waals surface area contributed by atoms with Crippen molar-refractivity contribution >= 4 is 0 Å². The number of unbranched alkanes of at least 4 members (excludes halogenated alkanes) is 1. The summed E-state index contributed by atoms with van der Waals surface area (Å²) in [7, 11) is 0. The van der Waals surface area contributed by atoms with Gasteiger partial charge in [-0.05, 0) is 42.3 Å². The predicted octanol–water partition coefficient (Wildman–Crippen LogP) is 0.706. The van der Waals surface area contributed by atoms with Crippen LogP contribution >= 0.6 is 0 Å². The Morgan fingerprint density at radius 1 is 1.20 bits per heavy atom. The average Bonchev–Trinajstić information content (AvgIpc) is 2.26. The Labute approximate surface area is 91.0 Å². The van der Waals surface area contributed by atoms with Crippen LogP contribution in [0.1, 0.15) is 19.8 Å². The Kier molecular flexibility index (Phi) is 9.27. The predicted molar refractivity (Wildman–Crippen MR) is 60.5 cm³/mol. The molecule has 2 nitrogen and oxygen atoms in total. The number of allylic oxidation sites excluding steroid dienone is 1. The van der Waals surface area contributed by atoms with Crippen LogP contribution in [0.25, 0.3) is 0 Å². The van der Waals surface area contributed by atoms with Crippen LogP contribution in [0.5, 0.6) is 0 Å². The third kappa shape index (κ3) is 10.3. The molecule has 0 fully saturated rings. The van der Waals surface area contributed by atoms with E-state index in [9.17, 15) is 0 Å². The smallest absolute Gasteiger partial charge is 0.0960 e. The van der Waals surface area contributed by atoms with Crippen LogP contribution in [0.2, 0.25) is 0 Å². The third-order valence-electron chi connectivity index (χ3n) is 1.31. The van der Waals surface area contributed by atoms with Crippen LogP contribution < -0.4 is 0 Å². The molecule has 0 aliphatic carbocycles. The highest BCUT2D eigenvalue weighted by Gasteiger charge is 1.90. The van der Waals surface area contributed by atoms with Gasteiger partial charge < -0.3 is 10.2 Å². The van der Waals surface area contributed by atoms with Gasteiger partial charge >= 0.3 is 0 Å². The molecule has 1 atom stereocenters. The number of rotatable bonds is 3. The topological polar surface area (TPSA) is 40.5 Å². The summed E-state index contributed by atoms with van der Waals surface area (Å²) >= 11 is 0. The van der Waals surface area contributed by atoms with Crippen LogP contribution in [0.15, 0.2) is 12.2 Å². The van der Waals surface area contributed by atoms with E-state index in [0.29, 0.717) is 0 Å². The molecule has 0 aromatic heterocycles. The highest BCUT2D eigenvalue weighted by molar-refractivity contribution is 5.37. The van der Waals surface area contributed by atoms with Gasteiger partial charge in [-0.15, -0.1) is 0 Å². The Morgan fingerprint density at radius 3 is 2.60 bits per heavy atom. The van der Waals surface area contributed by atoms with E-state index in [1.807, 2.05) is 0 Å². The quantitative estimate of drug-likeness (QED) is 0.662. The van der Waals surface area contributed by atoms with Crippen molar-refractivity contribution < 1.29 is 10.2 Å². The molecule has 0 saturated heterocycles. The minimum absolute atomic E-state index is 0.299. The fourth-order valence-electron chi connectivity index (χ4n) is 0.592. The second-order valence-corrected chi connectivity index (χ2v) is 2.68. The maximum atomic E-state index is 8.89. The molecule has 15 heavy (non-hydrogen) atoms. The second kappa shape index (κ2) is 10.4. The summed E-state index contributed by atoms with van der Waals surface area (Å²) in [6.45, 7) is 1.76. The van der Waals surface area contributed by atoms with Gasteiger partial charge in [-0.3, -0.25) is 0 Å². The first-order chi connectivity index (χ1) is 7.31. The van der Waals surface area contributed by atoms with E-state index in [1.165, 1.54) is 12.2 Å². The molecule has 2 N–H and O–H groups in total. The Bertz CT molecular complexity index is 361. The fraction of sp³-hybridized carbons (Fsp3) is 0.385. The van der Waals surface area contributed by atoms with E-state index in [4.69, 9.17) is 10.2 Å². The van der Waals surface area contributed by atoms with Crippen molar-refractivity contribution in [1.29, 1.82) is 0 Å². The Hall–Kier alpha value is -1.66. The lowest BCUT2D eigenvalue weighted by molar-refractivity contribution is 0.131. The standard InChI is InChI=1S/C13H14O2/c1-2-3-4-5-6-7-8-9-10-11-13(15)12-14/h10-11,13-15H,2-3,12H2,1H3. The summed E-state index contributed by atoms with van der Waals surface area (Å²) in [6.07, 6.45) is 3.89. The number of hydrogen-bond donors (Lipinski definition) is 2. The molecule has 78 valence electrons. The van der Waals surface area contributed by atoms with Crippen LogP contribution in [-0.4, -0.2) is 22.9 Å². The van der Waals surface area contributed by atoms with Crippen LogP contribution in [-0.2, 0) is 0 Å². The molecule has 0 aliphatic rings. The number of aliphatic hydroxyl groups excluding tert-OH is 2. The summed E-state index contributed by atoms with van der Waals surface area (Å²) in [4.78, 5) is 0. The van der Waals surface area contributed by atoms with E-state index < -0.39 is 6.10 Å². The van der Waals surface area contributed by atoms with Gasteiger partial charge in [-0.25, -0.2) is 0 Å². The lowest BCUT2D eigenvalue weighted by Gasteiger charge is -1.94. The van der Waals surface area contributed by atoms with Gasteiger partial charge in [0, 0.05) is 6.42 Å². The van der Waals surface area contributed by atoms with Crippen molar-refractivity contribution in [2.75, 3.05) is 6.61 Å². The molecule has 0 aliphatic heterocycles. The maximum absolute atomic E-state index is 8.89. The Morgan fingerprint density at radius 2 is 1.93 bits per heavy atom. The van der Waals surface area contributed by atoms with Gasteiger partial charge in [0.25, 0.3) is 0 Å². The lowest BCUT2D eigenvalue weighted by atomic mass is 10.3. The van der Waals surface area contributed by atoms with Gasteiger partial charge in [0.05, 0.1) is 12.7 Å². The molecule has 0 aromatic rings. The first-order valence-electron chi connectivity index (χ1n) is 4.75. The van der Waals surface area contributed by atoms with E-state index in [2.05, 4.69) is 42.4 Å². The van der Waals surface area contributed by atoms with E-state index >= 15 is 0 Å². The fourth-order valence-corrected chi connectivity index (χ4v) is 0.592. The molecule has 1 unspecified atom stereocenters. The first kappa shape index (κ1) is 13.3. The molecule has 0 saturated carbocycles. The van der Waals surface area contributed by atoms with E-state index in [1.54, 1.807) is 0 Å². The van der Waals surface area contributed by atoms with Crippen LogP contribution in [0.4, 0.5) is 0 Å². The van der Waals surface area contributed by atoms with Crippen molar-refractivity contribution in [3.8, 4) is 35.5 Å². The molecule has 0 bridgehead atoms. The third-order valence-corrected chi connectivity index (χ3v) is 1.31. The first-order valence-corrected chi connectivity index (χ1v) is 4.75. The number of hydrogen-bond acceptors (Lipinski definition) is 2. The van der Waals surface area contributed by atoms with E-state index in [0.717, 1.165) is 12.8 Å². The molecular weight excluding hydrogens is 188 g/mol. The van der Waals surface area contributed by atoms with Crippen molar-refractivity contribution in [2.24, 2.45) is 0 Å². The molecule has 0 radical (unpaired) electrons. The number of aliphatic hydroxyl groups is 2. The largest absolute Gasteiger partial charge is 0.393 e. The highest BCUT2D eigenvalue weighted by Crippen LogP contribution is 1.81. The van der Waals surface area contributed by atoms with Crippen molar-refractivity contribution in [3.05, 3.63) is 12.2 Å². The molecule has 0 aromatic carbocycles. The minimum atomic E-state index is -0.850. The van der Waals surface area contributed by atoms with Crippen LogP contribution in [0.3, 0.4) is 0 Å². The molecule has 0 rings (SSSR count). The van der Waals surface area contributed by atoms with E-state index in [-0.39, 0.29) is 6.61 Å². The zero-order chi connectivity index (χ0) is 11.4. The molecule has 0 amide bonds. The highest BCUT2D eigenvalue weighted by atomic mass is 16.3. The van der Waals surface area contributed by atoms with Crippen molar-refractivity contribution in [3.63, 3.8) is 0 Å². The van der Waals surface area contributed by atoms with Gasteiger partial charge in [-0.1, -0.05) is 18.8 Å². The summed E-state index contributed by atoms with van der Waals surface area (Å²) in [5, 5.41) is 17.4. The van der Waals surface area contributed by atoms with Gasteiger partial charge in [-0.2, -0.15) is 0 Å². The average molecular weight is 202 g/mol. The monoisotopic (exact) mass is 202 g/mol. The molecule has 2 heteroatoms. The van der Waals surface area contributed by atoms with Crippen molar-refractivity contribution in [2.45, 2.75) is 25.9 Å². The normalized spacial score (nSPS) is 10.3. The zero-order valence-electron chi connectivity index (χ0n) is 8.75. The van der Waals surface area contributed by atoms with Gasteiger partial charge in [0.2, 0.25) is 0 Å². The summed E-state index contributed by atoms with van der Waals surface area (Å²) in [5.74, 6) is 15.8. The molecular formula is C13H14O2. The maximum Gasteiger partial charge on any atom is 0.0960 e. The van der Waals surface area contributed by atoms with Crippen LogP contribution in [0, 0.1) is 35.5 Å². The summed E-state index contributed by atoms with van der Waals surface area (Å²) in [5.41, 5.74) is 0. The summed E-state index contributed by atoms with van der Waals surface area (Å²) < 4.78 is 0. The Balaban J connectivity index is 3.90. The zero-order valence-corrected chi connectivity index (χ0v) is 8.75. The minimum Gasteiger partial charge on any atom is -0.393 e. The SMILES string of the molecule is CCCC#CC#CC#CC=CC(O)CO.